The van der Waals surface area contributed by atoms with E-state index >= 15 is 0 Å². The van der Waals surface area contributed by atoms with Crippen molar-refractivity contribution in [2.75, 3.05) is 13.2 Å². The molecule has 2 rings (SSSR count). The van der Waals surface area contributed by atoms with Crippen molar-refractivity contribution in [1.29, 1.82) is 0 Å². The van der Waals surface area contributed by atoms with Crippen LogP contribution in [0.15, 0.2) is 47.0 Å². The molecule has 0 unspecified atom stereocenters. The highest BCUT2D eigenvalue weighted by Gasteiger charge is 2.26. The average molecular weight is 384 g/mol. The number of nitrogens with zero attached hydrogens (tertiary/aromatic N) is 1. The molecule has 0 amide bonds. The number of benzene rings is 1. The number of allylic oxidation sites excluding steroid dienone is 2. The fraction of sp³-hybridized carbons (Fsp3) is 0.500. The SMILES string of the molecule is CCCCCCC(/C=C/C(=O)OCC)=C1\OC(=NCCCC)c2ccccc21. The minimum absolute atomic E-state index is 0.322. The molecule has 28 heavy (non-hydrogen) atoms. The third-order valence-electron chi connectivity index (χ3n) is 4.67. The highest BCUT2D eigenvalue weighted by atomic mass is 16.5. The van der Waals surface area contributed by atoms with E-state index in [4.69, 9.17) is 9.47 Å². The number of hydrogen-bond acceptors (Lipinski definition) is 4. The number of carbonyl (C=O) groups excluding carboxylic acids is 1. The van der Waals surface area contributed by atoms with Gasteiger partial charge in [0.05, 0.1) is 6.61 Å². The normalized spacial score (nSPS) is 16.3. The van der Waals surface area contributed by atoms with Gasteiger partial charge in [0.1, 0.15) is 5.76 Å². The van der Waals surface area contributed by atoms with Gasteiger partial charge >= 0.3 is 5.97 Å². The first-order valence-corrected chi connectivity index (χ1v) is 10.6. The summed E-state index contributed by atoms with van der Waals surface area (Å²) in [5.41, 5.74) is 3.11. The van der Waals surface area contributed by atoms with E-state index in [0.717, 1.165) is 54.7 Å². The van der Waals surface area contributed by atoms with Crippen LogP contribution in [0.3, 0.4) is 0 Å². The molecule has 152 valence electrons. The Balaban J connectivity index is 2.33. The zero-order valence-corrected chi connectivity index (χ0v) is 17.5. The van der Waals surface area contributed by atoms with Gasteiger partial charge in [-0.1, -0.05) is 57.7 Å². The van der Waals surface area contributed by atoms with Crippen molar-refractivity contribution in [1.82, 2.24) is 0 Å². The van der Waals surface area contributed by atoms with E-state index in [1.54, 1.807) is 0 Å². The van der Waals surface area contributed by atoms with E-state index in [1.165, 1.54) is 25.3 Å². The summed E-state index contributed by atoms with van der Waals surface area (Å²) < 4.78 is 11.3. The van der Waals surface area contributed by atoms with Crippen LogP contribution in [0, 0.1) is 0 Å². The Morgan fingerprint density at radius 3 is 2.46 bits per heavy atom. The molecular formula is C24H33NO3. The molecule has 0 radical (unpaired) electrons. The Kier molecular flexibility index (Phi) is 9.53. The molecule has 4 heteroatoms. The van der Waals surface area contributed by atoms with Crippen LogP contribution in [0.5, 0.6) is 0 Å². The van der Waals surface area contributed by atoms with Gasteiger partial charge in [0.15, 0.2) is 0 Å². The van der Waals surface area contributed by atoms with Gasteiger partial charge in [-0.3, -0.25) is 4.99 Å². The van der Waals surface area contributed by atoms with Crippen molar-refractivity contribution < 1.29 is 14.3 Å². The molecule has 4 nitrogen and oxygen atoms in total. The second-order valence-electron chi connectivity index (χ2n) is 6.94. The molecule has 0 aromatic heterocycles. The maximum atomic E-state index is 11.8. The summed E-state index contributed by atoms with van der Waals surface area (Å²) in [6.07, 6.45) is 11.0. The second kappa shape index (κ2) is 12.2. The molecule has 0 bridgehead atoms. The summed E-state index contributed by atoms with van der Waals surface area (Å²) >= 11 is 0. The molecular weight excluding hydrogens is 350 g/mol. The van der Waals surface area contributed by atoms with E-state index in [0.29, 0.717) is 12.5 Å². The van der Waals surface area contributed by atoms with Crippen LogP contribution in [0.2, 0.25) is 0 Å². The van der Waals surface area contributed by atoms with E-state index in [9.17, 15) is 4.79 Å². The lowest BCUT2D eigenvalue weighted by atomic mass is 10.00. The van der Waals surface area contributed by atoms with Gasteiger partial charge in [-0.25, -0.2) is 4.79 Å². The smallest absolute Gasteiger partial charge is 0.330 e. The first-order valence-electron chi connectivity index (χ1n) is 10.6. The van der Waals surface area contributed by atoms with Crippen LogP contribution >= 0.6 is 0 Å². The third kappa shape index (κ3) is 6.36. The van der Waals surface area contributed by atoms with Crippen LogP contribution < -0.4 is 0 Å². The zero-order chi connectivity index (χ0) is 20.2. The summed E-state index contributed by atoms with van der Waals surface area (Å²) in [7, 11) is 0. The van der Waals surface area contributed by atoms with Gasteiger partial charge in [0, 0.05) is 23.7 Å². The van der Waals surface area contributed by atoms with Crippen molar-refractivity contribution in [3.8, 4) is 0 Å². The molecule has 0 spiro atoms. The number of aliphatic imine (C=N–C) groups is 1. The molecule has 0 aliphatic carbocycles. The molecule has 1 aliphatic rings. The molecule has 1 aliphatic heterocycles. The summed E-state index contributed by atoms with van der Waals surface area (Å²) in [6.45, 7) is 7.31. The van der Waals surface area contributed by atoms with Crippen LogP contribution in [0.25, 0.3) is 5.76 Å². The molecule has 1 heterocycles. The molecule has 0 N–H and O–H groups in total. The summed E-state index contributed by atoms with van der Waals surface area (Å²) in [4.78, 5) is 16.5. The van der Waals surface area contributed by atoms with Crippen molar-refractivity contribution in [3.63, 3.8) is 0 Å². The number of ether oxygens (including phenoxy) is 2. The van der Waals surface area contributed by atoms with Crippen molar-refractivity contribution in [2.45, 2.75) is 65.7 Å². The predicted molar refractivity (Wildman–Crippen MR) is 115 cm³/mol. The Morgan fingerprint density at radius 1 is 1.00 bits per heavy atom. The van der Waals surface area contributed by atoms with Crippen molar-refractivity contribution in [2.24, 2.45) is 4.99 Å². The van der Waals surface area contributed by atoms with Gasteiger partial charge in [-0.2, -0.15) is 0 Å². The van der Waals surface area contributed by atoms with Crippen LogP contribution in [-0.4, -0.2) is 25.0 Å². The number of rotatable bonds is 11. The topological polar surface area (TPSA) is 47.9 Å². The quantitative estimate of drug-likeness (QED) is 0.265. The molecule has 0 fully saturated rings. The highest BCUT2D eigenvalue weighted by Crippen LogP contribution is 2.34. The maximum Gasteiger partial charge on any atom is 0.330 e. The molecule has 1 aromatic carbocycles. The molecule has 0 saturated carbocycles. The van der Waals surface area contributed by atoms with Gasteiger partial charge in [0.25, 0.3) is 0 Å². The van der Waals surface area contributed by atoms with E-state index in [-0.39, 0.29) is 5.97 Å². The molecule has 1 aromatic rings. The monoisotopic (exact) mass is 383 g/mol. The van der Waals surface area contributed by atoms with Gasteiger partial charge in [-0.05, 0) is 43.9 Å². The standard InChI is InChI=1S/C24H33NO3/c1-4-7-9-10-13-19(16-17-22(26)27-6-3)23-20-14-11-12-15-21(20)24(28-23)25-18-8-5-2/h11-12,14-17H,4-10,13,18H2,1-3H3/b17-16+,23-19+,25-24?. The average Bonchev–Trinajstić information content (AvgIpc) is 3.07. The number of carbonyl (C=O) groups is 1. The van der Waals surface area contributed by atoms with Crippen LogP contribution in [0.4, 0.5) is 0 Å². The van der Waals surface area contributed by atoms with E-state index in [1.807, 2.05) is 25.1 Å². The van der Waals surface area contributed by atoms with Gasteiger partial charge in [-0.15, -0.1) is 0 Å². The Morgan fingerprint density at radius 2 is 1.75 bits per heavy atom. The van der Waals surface area contributed by atoms with Crippen LogP contribution in [-0.2, 0) is 14.3 Å². The predicted octanol–water partition coefficient (Wildman–Crippen LogP) is 6.06. The summed E-state index contributed by atoms with van der Waals surface area (Å²) in [5.74, 6) is 1.19. The largest absolute Gasteiger partial charge is 0.463 e. The minimum Gasteiger partial charge on any atom is -0.463 e. The Labute approximate surface area is 169 Å². The zero-order valence-electron chi connectivity index (χ0n) is 17.5. The van der Waals surface area contributed by atoms with E-state index in [2.05, 4.69) is 31.0 Å². The summed E-state index contributed by atoms with van der Waals surface area (Å²) in [5, 5.41) is 0. The first-order chi connectivity index (χ1) is 13.7. The van der Waals surface area contributed by atoms with Gasteiger partial charge in [0.2, 0.25) is 5.90 Å². The lowest BCUT2D eigenvalue weighted by Crippen LogP contribution is -2.00. The fourth-order valence-corrected chi connectivity index (χ4v) is 3.14. The Hall–Kier alpha value is -2.36. The summed E-state index contributed by atoms with van der Waals surface area (Å²) in [6, 6.07) is 8.14. The van der Waals surface area contributed by atoms with Crippen molar-refractivity contribution >= 4 is 17.6 Å². The number of hydrogen-bond donors (Lipinski definition) is 0. The lowest BCUT2D eigenvalue weighted by molar-refractivity contribution is -0.137. The molecule has 0 atom stereocenters. The van der Waals surface area contributed by atoms with Crippen LogP contribution in [0.1, 0.15) is 76.8 Å². The number of unbranched alkanes of at least 4 members (excludes halogenated alkanes) is 4. The van der Waals surface area contributed by atoms with Gasteiger partial charge < -0.3 is 9.47 Å². The van der Waals surface area contributed by atoms with E-state index < -0.39 is 0 Å². The fourth-order valence-electron chi connectivity index (χ4n) is 3.14. The van der Waals surface area contributed by atoms with Crippen molar-refractivity contribution in [3.05, 3.63) is 53.1 Å². The maximum absolute atomic E-state index is 11.8. The first kappa shape index (κ1) is 21.9. The Bertz CT molecular complexity index is 731. The number of esters is 1. The lowest BCUT2D eigenvalue weighted by Gasteiger charge is -2.08. The molecule has 0 saturated heterocycles. The third-order valence-corrected chi connectivity index (χ3v) is 4.67. The minimum atomic E-state index is -0.322. The second-order valence-corrected chi connectivity index (χ2v) is 6.94. The number of fused-ring (bicyclic) bond motifs is 1. The highest BCUT2D eigenvalue weighted by molar-refractivity contribution is 6.06.